The molecule has 0 aromatic heterocycles. The van der Waals surface area contributed by atoms with Crippen LogP contribution in [0, 0.1) is 5.82 Å². The number of nitrogens with zero attached hydrogens (tertiary/aromatic N) is 1. The average Bonchev–Trinajstić information content (AvgIpc) is 2.49. The van der Waals surface area contributed by atoms with Crippen molar-refractivity contribution in [2.75, 3.05) is 13.1 Å². The maximum absolute atomic E-state index is 13.0. The predicted octanol–water partition coefficient (Wildman–Crippen LogP) is 3.57. The molecule has 1 aromatic carbocycles. The highest BCUT2D eigenvalue weighted by Crippen LogP contribution is 2.25. The molecule has 1 aliphatic heterocycles. The van der Waals surface area contributed by atoms with E-state index in [4.69, 9.17) is 0 Å². The maximum atomic E-state index is 13.0. The summed E-state index contributed by atoms with van der Waals surface area (Å²) in [4.78, 5) is 2.57. The first-order valence-corrected chi connectivity index (χ1v) is 7.86. The number of hydrogen-bond acceptors (Lipinski definition) is 2. The molecule has 1 aromatic rings. The van der Waals surface area contributed by atoms with E-state index in [-0.39, 0.29) is 11.4 Å². The number of piperazine rings is 1. The second kappa shape index (κ2) is 6.68. The van der Waals surface area contributed by atoms with E-state index in [1.54, 1.807) is 12.1 Å². The standard InChI is InChI=1S/C17H27FN2/c1-4-16-11-19-17(5-2,6-3)13-20(16)12-14-7-9-15(18)10-8-14/h7-10,16,19H,4-6,11-13H2,1-3H3. The third-order valence-electron chi connectivity index (χ3n) is 4.86. The quantitative estimate of drug-likeness (QED) is 0.886. The van der Waals surface area contributed by atoms with Crippen LogP contribution in [-0.4, -0.2) is 29.6 Å². The fourth-order valence-corrected chi connectivity index (χ4v) is 3.17. The molecule has 0 bridgehead atoms. The van der Waals surface area contributed by atoms with Crippen LogP contribution in [0.3, 0.4) is 0 Å². The van der Waals surface area contributed by atoms with Crippen molar-refractivity contribution < 1.29 is 4.39 Å². The molecule has 1 unspecified atom stereocenters. The summed E-state index contributed by atoms with van der Waals surface area (Å²) in [5.74, 6) is -0.155. The highest BCUT2D eigenvalue weighted by atomic mass is 19.1. The molecule has 1 aliphatic rings. The molecule has 0 saturated carbocycles. The van der Waals surface area contributed by atoms with Crippen molar-refractivity contribution in [3.05, 3.63) is 35.6 Å². The molecule has 3 heteroatoms. The van der Waals surface area contributed by atoms with Crippen LogP contribution >= 0.6 is 0 Å². The summed E-state index contributed by atoms with van der Waals surface area (Å²) in [6.45, 7) is 9.82. The fraction of sp³-hybridized carbons (Fsp3) is 0.647. The number of halogens is 1. The van der Waals surface area contributed by atoms with E-state index >= 15 is 0 Å². The monoisotopic (exact) mass is 278 g/mol. The zero-order valence-corrected chi connectivity index (χ0v) is 13.0. The smallest absolute Gasteiger partial charge is 0.123 e. The molecule has 0 radical (unpaired) electrons. The Morgan fingerprint density at radius 1 is 1.20 bits per heavy atom. The van der Waals surface area contributed by atoms with Gasteiger partial charge in [0.1, 0.15) is 5.82 Å². The van der Waals surface area contributed by atoms with Crippen LogP contribution < -0.4 is 5.32 Å². The van der Waals surface area contributed by atoms with Gasteiger partial charge in [0.25, 0.3) is 0 Å². The highest BCUT2D eigenvalue weighted by Gasteiger charge is 2.35. The topological polar surface area (TPSA) is 15.3 Å². The Morgan fingerprint density at radius 2 is 1.85 bits per heavy atom. The molecule has 0 spiro atoms. The Kier molecular flexibility index (Phi) is 5.17. The Balaban J connectivity index is 2.10. The minimum absolute atomic E-state index is 0.155. The van der Waals surface area contributed by atoms with Crippen LogP contribution in [-0.2, 0) is 6.54 Å². The fourth-order valence-electron chi connectivity index (χ4n) is 3.17. The molecule has 1 N–H and O–H groups in total. The Hall–Kier alpha value is -0.930. The van der Waals surface area contributed by atoms with E-state index in [9.17, 15) is 4.39 Å². The third-order valence-corrected chi connectivity index (χ3v) is 4.86. The van der Waals surface area contributed by atoms with Crippen LogP contribution in [0.15, 0.2) is 24.3 Å². The number of rotatable bonds is 5. The van der Waals surface area contributed by atoms with Crippen LogP contribution in [0.4, 0.5) is 4.39 Å². The van der Waals surface area contributed by atoms with E-state index in [1.165, 1.54) is 5.56 Å². The van der Waals surface area contributed by atoms with Gasteiger partial charge in [0.15, 0.2) is 0 Å². The lowest BCUT2D eigenvalue weighted by Gasteiger charge is -2.47. The first-order valence-electron chi connectivity index (χ1n) is 7.86. The van der Waals surface area contributed by atoms with Crippen molar-refractivity contribution >= 4 is 0 Å². The molecule has 1 saturated heterocycles. The summed E-state index contributed by atoms with van der Waals surface area (Å²) in [5.41, 5.74) is 1.44. The molecule has 112 valence electrons. The van der Waals surface area contributed by atoms with Gasteiger partial charge in [-0.2, -0.15) is 0 Å². The van der Waals surface area contributed by atoms with Crippen molar-refractivity contribution in [1.82, 2.24) is 10.2 Å². The van der Waals surface area contributed by atoms with E-state index in [2.05, 4.69) is 31.0 Å². The van der Waals surface area contributed by atoms with Gasteiger partial charge in [0, 0.05) is 31.2 Å². The van der Waals surface area contributed by atoms with Gasteiger partial charge in [-0.05, 0) is 37.0 Å². The minimum atomic E-state index is -0.155. The van der Waals surface area contributed by atoms with Gasteiger partial charge in [-0.1, -0.05) is 32.9 Å². The SMILES string of the molecule is CCC1CNC(CC)(CC)CN1Cc1ccc(F)cc1. The summed E-state index contributed by atoms with van der Waals surface area (Å²) < 4.78 is 13.0. The Morgan fingerprint density at radius 3 is 2.40 bits per heavy atom. The average molecular weight is 278 g/mol. The molecule has 1 fully saturated rings. The van der Waals surface area contributed by atoms with Gasteiger partial charge < -0.3 is 5.32 Å². The van der Waals surface area contributed by atoms with Crippen LogP contribution in [0.2, 0.25) is 0 Å². The van der Waals surface area contributed by atoms with E-state index in [0.717, 1.165) is 38.9 Å². The number of benzene rings is 1. The van der Waals surface area contributed by atoms with E-state index in [0.29, 0.717) is 6.04 Å². The molecule has 1 heterocycles. The lowest BCUT2D eigenvalue weighted by molar-refractivity contribution is 0.0643. The van der Waals surface area contributed by atoms with Gasteiger partial charge >= 0.3 is 0 Å². The summed E-state index contributed by atoms with van der Waals surface area (Å²) in [6, 6.07) is 7.51. The maximum Gasteiger partial charge on any atom is 0.123 e. The van der Waals surface area contributed by atoms with Crippen molar-refractivity contribution in [1.29, 1.82) is 0 Å². The summed E-state index contributed by atoms with van der Waals surface area (Å²) in [5, 5.41) is 3.76. The molecular formula is C17H27FN2. The van der Waals surface area contributed by atoms with Gasteiger partial charge in [-0.3, -0.25) is 4.90 Å². The van der Waals surface area contributed by atoms with Gasteiger partial charge in [0.2, 0.25) is 0 Å². The van der Waals surface area contributed by atoms with Crippen molar-refractivity contribution in [2.24, 2.45) is 0 Å². The number of hydrogen-bond donors (Lipinski definition) is 1. The van der Waals surface area contributed by atoms with Crippen molar-refractivity contribution in [2.45, 2.75) is 58.2 Å². The van der Waals surface area contributed by atoms with Crippen LogP contribution in [0.25, 0.3) is 0 Å². The lowest BCUT2D eigenvalue weighted by Crippen LogP contribution is -2.63. The Labute approximate surface area is 122 Å². The Bertz CT molecular complexity index is 412. The second-order valence-electron chi connectivity index (χ2n) is 5.96. The first-order chi connectivity index (χ1) is 9.62. The summed E-state index contributed by atoms with van der Waals surface area (Å²) in [6.07, 6.45) is 3.46. The highest BCUT2D eigenvalue weighted by molar-refractivity contribution is 5.16. The predicted molar refractivity (Wildman–Crippen MR) is 82.2 cm³/mol. The molecule has 0 amide bonds. The van der Waals surface area contributed by atoms with Gasteiger partial charge in [-0.25, -0.2) is 4.39 Å². The lowest BCUT2D eigenvalue weighted by atomic mass is 9.88. The minimum Gasteiger partial charge on any atom is -0.308 e. The van der Waals surface area contributed by atoms with Gasteiger partial charge in [0.05, 0.1) is 0 Å². The van der Waals surface area contributed by atoms with Crippen molar-refractivity contribution in [3.8, 4) is 0 Å². The van der Waals surface area contributed by atoms with Crippen molar-refractivity contribution in [3.63, 3.8) is 0 Å². The summed E-state index contributed by atoms with van der Waals surface area (Å²) in [7, 11) is 0. The van der Waals surface area contributed by atoms with E-state index in [1.807, 2.05) is 12.1 Å². The molecule has 1 atom stereocenters. The molecule has 2 nitrogen and oxygen atoms in total. The molecule has 0 aliphatic carbocycles. The van der Waals surface area contributed by atoms with Gasteiger partial charge in [-0.15, -0.1) is 0 Å². The molecular weight excluding hydrogens is 251 g/mol. The molecule has 2 rings (SSSR count). The zero-order valence-electron chi connectivity index (χ0n) is 13.0. The van der Waals surface area contributed by atoms with Crippen LogP contribution in [0.5, 0.6) is 0 Å². The third kappa shape index (κ3) is 3.39. The van der Waals surface area contributed by atoms with E-state index < -0.39 is 0 Å². The van der Waals surface area contributed by atoms with Crippen LogP contribution in [0.1, 0.15) is 45.6 Å². The zero-order chi connectivity index (χ0) is 14.6. The molecule has 20 heavy (non-hydrogen) atoms. The normalized spacial score (nSPS) is 22.9. The first kappa shape index (κ1) is 15.5. The largest absolute Gasteiger partial charge is 0.308 e. The number of nitrogens with one attached hydrogen (secondary N) is 1. The summed E-state index contributed by atoms with van der Waals surface area (Å²) >= 11 is 0. The second-order valence-corrected chi connectivity index (χ2v) is 5.96.